The van der Waals surface area contributed by atoms with Gasteiger partial charge >= 0.3 is 0 Å². The summed E-state index contributed by atoms with van der Waals surface area (Å²) in [7, 11) is 1.98. The topological polar surface area (TPSA) is 46.9 Å². The Kier molecular flexibility index (Phi) is 3.69. The Bertz CT molecular complexity index is 762. The van der Waals surface area contributed by atoms with Gasteiger partial charge in [0.05, 0.1) is 0 Å². The van der Waals surface area contributed by atoms with Gasteiger partial charge in [0, 0.05) is 54.6 Å². The van der Waals surface area contributed by atoms with Gasteiger partial charge in [-0.15, -0.1) is 0 Å². The number of nitrogens with zero attached hydrogens (tertiary/aromatic N) is 2. The van der Waals surface area contributed by atoms with Crippen LogP contribution in [0.25, 0.3) is 10.9 Å². The molecule has 21 heavy (non-hydrogen) atoms. The highest BCUT2D eigenvalue weighted by Crippen LogP contribution is 2.19. The number of benzene rings is 1. The van der Waals surface area contributed by atoms with E-state index in [0.29, 0.717) is 12.1 Å². The number of carbonyl (C=O) groups is 1. The first-order chi connectivity index (χ1) is 10.3. The molecule has 3 aromatic rings. The molecular formula is C17H17N3O. The van der Waals surface area contributed by atoms with Crippen LogP contribution in [0.2, 0.25) is 0 Å². The predicted molar refractivity (Wildman–Crippen MR) is 83.2 cm³/mol. The van der Waals surface area contributed by atoms with E-state index in [1.807, 2.05) is 60.3 Å². The fourth-order valence-corrected chi connectivity index (χ4v) is 2.45. The molecule has 0 atom stereocenters. The number of nitrogens with one attached hydrogen (secondary N) is 1. The highest BCUT2D eigenvalue weighted by Gasteiger charge is 2.10. The molecule has 0 aliphatic heterocycles. The van der Waals surface area contributed by atoms with E-state index in [4.69, 9.17) is 0 Å². The molecule has 0 radical (unpaired) electrons. The molecule has 0 bridgehead atoms. The number of aryl methyl sites for hydroxylation is 1. The second kappa shape index (κ2) is 5.79. The highest BCUT2D eigenvalue weighted by atomic mass is 16.1. The number of fused-ring (bicyclic) bond motifs is 1. The largest absolute Gasteiger partial charge is 0.352 e. The zero-order chi connectivity index (χ0) is 14.7. The molecule has 1 amide bonds. The van der Waals surface area contributed by atoms with Gasteiger partial charge in [0.25, 0.3) is 5.91 Å². The quantitative estimate of drug-likeness (QED) is 0.798. The maximum atomic E-state index is 12.3. The van der Waals surface area contributed by atoms with Crippen molar-refractivity contribution in [3.63, 3.8) is 0 Å². The van der Waals surface area contributed by atoms with Crippen LogP contribution in [0.1, 0.15) is 16.1 Å². The van der Waals surface area contributed by atoms with E-state index < -0.39 is 0 Å². The molecule has 2 aromatic heterocycles. The molecule has 0 fully saturated rings. The Morgan fingerprint density at radius 2 is 2.10 bits per heavy atom. The summed E-state index contributed by atoms with van der Waals surface area (Å²) >= 11 is 0. The Balaban J connectivity index is 1.70. The Morgan fingerprint density at radius 3 is 2.90 bits per heavy atom. The molecular weight excluding hydrogens is 262 g/mol. The lowest BCUT2D eigenvalue weighted by Crippen LogP contribution is -2.26. The molecule has 4 heteroatoms. The molecule has 4 nitrogen and oxygen atoms in total. The summed E-state index contributed by atoms with van der Waals surface area (Å²) in [6.07, 6.45) is 4.47. The zero-order valence-electron chi connectivity index (χ0n) is 11.9. The van der Waals surface area contributed by atoms with Crippen molar-refractivity contribution in [3.05, 3.63) is 66.1 Å². The third-order valence-electron chi connectivity index (χ3n) is 3.57. The second-order valence-corrected chi connectivity index (χ2v) is 4.99. The van der Waals surface area contributed by atoms with E-state index in [0.717, 1.165) is 23.0 Å². The van der Waals surface area contributed by atoms with E-state index in [1.54, 1.807) is 6.20 Å². The van der Waals surface area contributed by atoms with E-state index in [1.165, 1.54) is 0 Å². The van der Waals surface area contributed by atoms with Gasteiger partial charge in [0.15, 0.2) is 0 Å². The monoisotopic (exact) mass is 279 g/mol. The average Bonchev–Trinajstić information content (AvgIpc) is 2.90. The molecule has 106 valence electrons. The first-order valence-electron chi connectivity index (χ1n) is 6.98. The van der Waals surface area contributed by atoms with Crippen molar-refractivity contribution in [2.24, 2.45) is 7.05 Å². The van der Waals surface area contributed by atoms with Crippen molar-refractivity contribution in [2.75, 3.05) is 6.54 Å². The summed E-state index contributed by atoms with van der Waals surface area (Å²) < 4.78 is 2.01. The average molecular weight is 279 g/mol. The van der Waals surface area contributed by atoms with Crippen LogP contribution in [-0.2, 0) is 13.5 Å². The number of pyridine rings is 1. The highest BCUT2D eigenvalue weighted by molar-refractivity contribution is 6.06. The number of rotatable bonds is 4. The summed E-state index contributed by atoms with van der Waals surface area (Å²) in [4.78, 5) is 16.6. The molecule has 0 saturated carbocycles. The summed E-state index contributed by atoms with van der Waals surface area (Å²) in [6, 6.07) is 13.6. The number of aromatic nitrogens is 2. The number of amides is 1. The van der Waals surface area contributed by atoms with E-state index in [9.17, 15) is 4.79 Å². The molecule has 0 aliphatic rings. The summed E-state index contributed by atoms with van der Waals surface area (Å²) in [5, 5.41) is 3.94. The van der Waals surface area contributed by atoms with Gasteiger partial charge in [-0.2, -0.15) is 0 Å². The minimum atomic E-state index is -0.0391. The van der Waals surface area contributed by atoms with Crippen LogP contribution in [0.4, 0.5) is 0 Å². The fourth-order valence-electron chi connectivity index (χ4n) is 2.45. The van der Waals surface area contributed by atoms with Crippen molar-refractivity contribution in [2.45, 2.75) is 6.42 Å². The smallest absolute Gasteiger partial charge is 0.251 e. The molecule has 1 N–H and O–H groups in total. The maximum Gasteiger partial charge on any atom is 0.251 e. The molecule has 0 unspecified atom stereocenters. The maximum absolute atomic E-state index is 12.3. The van der Waals surface area contributed by atoms with Gasteiger partial charge in [0.1, 0.15) is 0 Å². The third-order valence-corrected chi connectivity index (χ3v) is 3.57. The fraction of sp³-hybridized carbons (Fsp3) is 0.176. The minimum absolute atomic E-state index is 0.0391. The first-order valence-corrected chi connectivity index (χ1v) is 6.98. The van der Waals surface area contributed by atoms with Crippen LogP contribution >= 0.6 is 0 Å². The minimum Gasteiger partial charge on any atom is -0.352 e. The van der Waals surface area contributed by atoms with E-state index in [2.05, 4.69) is 10.3 Å². The second-order valence-electron chi connectivity index (χ2n) is 4.99. The lowest BCUT2D eigenvalue weighted by molar-refractivity contribution is 0.0955. The summed E-state index contributed by atoms with van der Waals surface area (Å²) in [5.41, 5.74) is 2.76. The SMILES string of the molecule is Cn1ccc2c(C(=O)NCCc3ccccn3)cccc21. The van der Waals surface area contributed by atoms with Crippen LogP contribution in [-0.4, -0.2) is 22.0 Å². The van der Waals surface area contributed by atoms with Crippen LogP contribution in [0.3, 0.4) is 0 Å². The van der Waals surface area contributed by atoms with Gasteiger partial charge in [0.2, 0.25) is 0 Å². The molecule has 0 aliphatic carbocycles. The molecule has 0 spiro atoms. The zero-order valence-corrected chi connectivity index (χ0v) is 11.9. The Hall–Kier alpha value is -2.62. The Labute approximate surface area is 123 Å². The molecule has 3 rings (SSSR count). The molecule has 1 aromatic carbocycles. The van der Waals surface area contributed by atoms with Crippen molar-refractivity contribution in [1.29, 1.82) is 0 Å². The lowest BCUT2D eigenvalue weighted by atomic mass is 10.1. The van der Waals surface area contributed by atoms with Crippen molar-refractivity contribution in [1.82, 2.24) is 14.9 Å². The third kappa shape index (κ3) is 2.79. The molecule has 0 saturated heterocycles. The van der Waals surface area contributed by atoms with Gasteiger partial charge in [-0.1, -0.05) is 12.1 Å². The van der Waals surface area contributed by atoms with Crippen LogP contribution in [0, 0.1) is 0 Å². The molecule has 2 heterocycles. The Morgan fingerprint density at radius 1 is 1.19 bits per heavy atom. The first kappa shape index (κ1) is 13.4. The number of hydrogen-bond donors (Lipinski definition) is 1. The van der Waals surface area contributed by atoms with Gasteiger partial charge in [-0.05, 0) is 30.3 Å². The normalized spacial score (nSPS) is 10.7. The summed E-state index contributed by atoms with van der Waals surface area (Å²) in [5.74, 6) is -0.0391. The van der Waals surface area contributed by atoms with Gasteiger partial charge in [-0.3, -0.25) is 9.78 Å². The van der Waals surface area contributed by atoms with Crippen LogP contribution in [0.15, 0.2) is 54.9 Å². The van der Waals surface area contributed by atoms with Crippen LogP contribution in [0.5, 0.6) is 0 Å². The van der Waals surface area contributed by atoms with E-state index in [-0.39, 0.29) is 5.91 Å². The van der Waals surface area contributed by atoms with Crippen molar-refractivity contribution >= 4 is 16.8 Å². The van der Waals surface area contributed by atoms with Gasteiger partial charge in [-0.25, -0.2) is 0 Å². The number of hydrogen-bond acceptors (Lipinski definition) is 2. The summed E-state index contributed by atoms with van der Waals surface area (Å²) in [6.45, 7) is 0.582. The van der Waals surface area contributed by atoms with Crippen LogP contribution < -0.4 is 5.32 Å². The van der Waals surface area contributed by atoms with Gasteiger partial charge < -0.3 is 9.88 Å². The van der Waals surface area contributed by atoms with Crippen molar-refractivity contribution in [3.8, 4) is 0 Å². The number of carbonyl (C=O) groups excluding carboxylic acids is 1. The van der Waals surface area contributed by atoms with Crippen molar-refractivity contribution < 1.29 is 4.79 Å². The standard InChI is InChI=1S/C17H17N3O/c1-20-12-9-14-15(6-4-7-16(14)20)17(21)19-11-8-13-5-2-3-10-18-13/h2-7,9-10,12H,8,11H2,1H3,(H,19,21). The lowest BCUT2D eigenvalue weighted by Gasteiger charge is -2.06. The van der Waals surface area contributed by atoms with E-state index >= 15 is 0 Å². The predicted octanol–water partition coefficient (Wildman–Crippen LogP) is 2.55.